The highest BCUT2D eigenvalue weighted by Gasteiger charge is 2.50. The van der Waals surface area contributed by atoms with Gasteiger partial charge in [-0.25, -0.2) is 9.34 Å². The van der Waals surface area contributed by atoms with Gasteiger partial charge in [-0.1, -0.05) is 97.1 Å². The van der Waals surface area contributed by atoms with Gasteiger partial charge in [0.05, 0.1) is 18.2 Å². The van der Waals surface area contributed by atoms with Gasteiger partial charge in [0.25, 0.3) is 0 Å². The molecule has 1 saturated heterocycles. The Morgan fingerprint density at radius 1 is 0.697 bits per heavy atom. The maximum Gasteiger partial charge on any atom is 0.204 e. The van der Waals surface area contributed by atoms with E-state index < -0.39 is 6.57 Å². The van der Waals surface area contributed by atoms with E-state index >= 15 is 0 Å². The fraction of sp³-hybridized carbons (Fsp3) is 0.214. The monoisotopic (exact) mass is 472 g/mol. The molecule has 5 rings (SSSR count). The van der Waals surface area contributed by atoms with Crippen LogP contribution in [-0.4, -0.2) is 23.4 Å². The Kier molecular flexibility index (Phi) is 6.22. The molecule has 1 fully saturated rings. The van der Waals surface area contributed by atoms with Crippen molar-refractivity contribution in [2.75, 3.05) is 14.1 Å². The van der Waals surface area contributed by atoms with Gasteiger partial charge in [0, 0.05) is 0 Å². The lowest BCUT2D eigenvalue weighted by Gasteiger charge is -2.33. The number of nitrogens with zero attached hydrogens (tertiary/aromatic N) is 2. The van der Waals surface area contributed by atoms with Gasteiger partial charge in [0.1, 0.15) is 0 Å². The van der Waals surface area contributed by atoms with Gasteiger partial charge in [-0.05, 0) is 66.4 Å². The molecule has 0 N–H and O–H groups in total. The van der Waals surface area contributed by atoms with Gasteiger partial charge in [-0.15, -0.1) is 0 Å². The van der Waals surface area contributed by atoms with Gasteiger partial charge < -0.3 is 4.52 Å². The zero-order chi connectivity index (χ0) is 23.0. The average molecular weight is 473 g/mol. The predicted octanol–water partition coefficient (Wildman–Crippen LogP) is 7.50. The summed E-state index contributed by atoms with van der Waals surface area (Å²) >= 11 is 6.38. The Hall–Kier alpha value is -2.33. The van der Waals surface area contributed by atoms with Gasteiger partial charge in [-0.3, -0.25) is 0 Å². The van der Waals surface area contributed by atoms with Crippen LogP contribution in [0.4, 0.5) is 0 Å². The van der Waals surface area contributed by atoms with Crippen molar-refractivity contribution in [2.24, 2.45) is 0 Å². The lowest BCUT2D eigenvalue weighted by atomic mass is 9.93. The normalized spacial score (nSPS) is 21.9. The van der Waals surface area contributed by atoms with Crippen LogP contribution in [0.3, 0.4) is 0 Å². The smallest absolute Gasteiger partial charge is 0.204 e. The molecule has 1 heterocycles. The van der Waals surface area contributed by atoms with E-state index in [1.807, 2.05) is 0 Å². The van der Waals surface area contributed by atoms with Crippen molar-refractivity contribution < 1.29 is 4.52 Å². The first kappa shape index (κ1) is 22.5. The molecule has 33 heavy (non-hydrogen) atoms. The molecule has 4 aromatic rings. The van der Waals surface area contributed by atoms with Crippen LogP contribution < -0.4 is 0 Å². The van der Waals surface area contributed by atoms with Crippen LogP contribution in [0, 0.1) is 0 Å². The van der Waals surface area contributed by atoms with Crippen LogP contribution in [0.2, 0.25) is 0 Å². The minimum absolute atomic E-state index is 0.115. The highest BCUT2D eigenvalue weighted by atomic mass is 32.5. The quantitative estimate of drug-likeness (QED) is 0.279. The fourth-order valence-electron chi connectivity index (χ4n) is 4.92. The number of likely N-dealkylation sites (N-methyl/N-ethyl adjacent to an activating group) is 2. The maximum atomic E-state index is 6.84. The first-order valence-electron chi connectivity index (χ1n) is 11.3. The first-order valence-corrected chi connectivity index (χ1v) is 14.0. The molecular formula is C28H29N2OPS. The summed E-state index contributed by atoms with van der Waals surface area (Å²) < 4.78 is 11.5. The summed E-state index contributed by atoms with van der Waals surface area (Å²) in [5.41, 5.74) is 3.67. The molecule has 0 amide bonds. The second kappa shape index (κ2) is 9.13. The maximum absolute atomic E-state index is 6.84. The second-order valence-corrected chi connectivity index (χ2v) is 12.6. The van der Waals surface area contributed by atoms with E-state index in [0.29, 0.717) is 0 Å². The molecule has 0 bridgehead atoms. The third-order valence-corrected chi connectivity index (χ3v) is 11.2. The Balaban J connectivity index is 1.52. The Morgan fingerprint density at radius 2 is 1.18 bits per heavy atom. The van der Waals surface area contributed by atoms with Gasteiger partial charge >= 0.3 is 0 Å². The molecule has 5 heteroatoms. The lowest BCUT2D eigenvalue weighted by molar-refractivity contribution is 0.221. The van der Waals surface area contributed by atoms with Crippen molar-refractivity contribution in [3.05, 3.63) is 120 Å². The molecule has 3 nitrogen and oxygen atoms in total. The van der Waals surface area contributed by atoms with Crippen LogP contribution in [0.25, 0.3) is 10.8 Å². The largest absolute Gasteiger partial charge is 0.319 e. The van der Waals surface area contributed by atoms with Crippen molar-refractivity contribution in [1.82, 2.24) is 9.34 Å². The summed E-state index contributed by atoms with van der Waals surface area (Å²) in [5, 5.41) is 2.46. The van der Waals surface area contributed by atoms with Crippen molar-refractivity contribution in [1.29, 1.82) is 0 Å². The fourth-order valence-corrected chi connectivity index (χ4v) is 8.34. The molecule has 4 aromatic carbocycles. The van der Waals surface area contributed by atoms with Crippen molar-refractivity contribution >= 4 is 29.1 Å². The Bertz CT molecular complexity index is 1240. The van der Waals surface area contributed by atoms with Crippen LogP contribution >= 0.6 is 6.57 Å². The van der Waals surface area contributed by atoms with Gasteiger partial charge in [0.15, 0.2) is 0 Å². The standard InChI is InChI=1S/C28H29N2OPS/c1-21(25-19-18-22-12-10-11-17-26(22)20-25)31-32(33)29(2)27(23-13-6-4-7-14-23)28(30(32)3)24-15-8-5-9-16-24/h4-21,27-28H,1-3H3/t21-,27+,28+/m0/s1. The molecule has 0 unspecified atom stereocenters. The number of hydrogen-bond donors (Lipinski definition) is 0. The minimum Gasteiger partial charge on any atom is -0.319 e. The van der Waals surface area contributed by atoms with E-state index in [0.717, 1.165) is 5.56 Å². The van der Waals surface area contributed by atoms with E-state index in [1.165, 1.54) is 21.9 Å². The van der Waals surface area contributed by atoms with Crippen molar-refractivity contribution in [2.45, 2.75) is 25.1 Å². The molecule has 3 atom stereocenters. The molecule has 0 saturated carbocycles. The number of fused-ring (bicyclic) bond motifs is 1. The molecule has 0 aliphatic carbocycles. The van der Waals surface area contributed by atoms with E-state index in [9.17, 15) is 0 Å². The van der Waals surface area contributed by atoms with E-state index in [-0.39, 0.29) is 18.2 Å². The van der Waals surface area contributed by atoms with Gasteiger partial charge in [0.2, 0.25) is 6.57 Å². The third kappa shape index (κ3) is 4.07. The summed E-state index contributed by atoms with van der Waals surface area (Å²) in [4.78, 5) is 0. The molecule has 0 spiro atoms. The molecular weight excluding hydrogens is 443 g/mol. The van der Waals surface area contributed by atoms with Gasteiger partial charge in [-0.2, -0.15) is 0 Å². The molecule has 0 aromatic heterocycles. The molecule has 1 aliphatic rings. The number of rotatable bonds is 5. The number of hydrogen-bond acceptors (Lipinski definition) is 2. The average Bonchev–Trinajstić information content (AvgIpc) is 3.05. The topological polar surface area (TPSA) is 15.7 Å². The SMILES string of the molecule is C[C@H](OP1(=S)N(C)[C@H](c2ccccc2)[C@@H](c2ccccc2)N1C)c1ccc2ccccc2c1. The molecule has 1 aliphatic heterocycles. The third-order valence-electron chi connectivity index (χ3n) is 6.72. The first-order chi connectivity index (χ1) is 16.0. The zero-order valence-corrected chi connectivity index (χ0v) is 20.9. The summed E-state index contributed by atoms with van der Waals surface area (Å²) in [6.45, 7) is -0.359. The highest BCUT2D eigenvalue weighted by molar-refractivity contribution is 8.10. The van der Waals surface area contributed by atoms with Crippen molar-refractivity contribution in [3.8, 4) is 0 Å². The van der Waals surface area contributed by atoms with E-state index in [2.05, 4.69) is 133 Å². The van der Waals surface area contributed by atoms with E-state index in [4.69, 9.17) is 16.3 Å². The van der Waals surface area contributed by atoms with Crippen molar-refractivity contribution in [3.63, 3.8) is 0 Å². The van der Waals surface area contributed by atoms with Crippen LogP contribution in [0.5, 0.6) is 0 Å². The summed E-state index contributed by atoms with van der Waals surface area (Å²) in [5.74, 6) is 0. The summed E-state index contributed by atoms with van der Waals surface area (Å²) in [6, 6.07) is 36.5. The number of benzene rings is 4. The molecule has 0 radical (unpaired) electrons. The molecule has 168 valence electrons. The Morgan fingerprint density at radius 3 is 1.73 bits per heavy atom. The minimum atomic E-state index is -2.48. The van der Waals surface area contributed by atoms with Crippen LogP contribution in [0.1, 0.15) is 41.8 Å². The lowest BCUT2D eigenvalue weighted by Crippen LogP contribution is -2.20. The predicted molar refractivity (Wildman–Crippen MR) is 142 cm³/mol. The van der Waals surface area contributed by atoms with E-state index in [1.54, 1.807) is 0 Å². The second-order valence-electron chi connectivity index (χ2n) is 8.70. The Labute approximate surface area is 201 Å². The zero-order valence-electron chi connectivity index (χ0n) is 19.2. The summed E-state index contributed by atoms with van der Waals surface area (Å²) in [7, 11) is 4.26. The summed E-state index contributed by atoms with van der Waals surface area (Å²) in [6.07, 6.45) is -0.115. The van der Waals surface area contributed by atoms with Crippen LogP contribution in [0.15, 0.2) is 103 Å². The van der Waals surface area contributed by atoms with Crippen LogP contribution in [-0.2, 0) is 16.3 Å². The highest BCUT2D eigenvalue weighted by Crippen LogP contribution is 2.70.